The molecule has 0 radical (unpaired) electrons. The van der Waals surface area contributed by atoms with Crippen molar-refractivity contribution in [3.05, 3.63) is 55.1 Å². The summed E-state index contributed by atoms with van der Waals surface area (Å²) in [5.41, 5.74) is 1.59. The minimum atomic E-state index is -1.93. The molecule has 0 amide bonds. The van der Waals surface area contributed by atoms with E-state index in [2.05, 4.69) is 22.1 Å². The Bertz CT molecular complexity index is 777. The summed E-state index contributed by atoms with van der Waals surface area (Å²) >= 11 is -1.93. The summed E-state index contributed by atoms with van der Waals surface area (Å²) in [6.45, 7) is 2.17. The van der Waals surface area contributed by atoms with Crippen molar-refractivity contribution in [2.24, 2.45) is 16.8 Å². The number of rotatable bonds is 3. The van der Waals surface area contributed by atoms with Crippen LogP contribution in [-0.4, -0.2) is 32.6 Å². The Kier molecular flexibility index (Phi) is 5.00. The van der Waals surface area contributed by atoms with Gasteiger partial charge in [-0.25, -0.2) is 0 Å². The van der Waals surface area contributed by atoms with Gasteiger partial charge in [-0.2, -0.15) is 0 Å². The van der Waals surface area contributed by atoms with E-state index >= 15 is 4.39 Å². The number of aliphatic imine (C=N–C) groups is 1. The maximum atomic E-state index is 15.0. The molecule has 140 valence electrons. The van der Waals surface area contributed by atoms with Crippen molar-refractivity contribution in [1.82, 2.24) is 0 Å². The Morgan fingerprint density at radius 2 is 1.92 bits per heavy atom. The number of benzene rings is 1. The summed E-state index contributed by atoms with van der Waals surface area (Å²) in [6.07, 6.45) is 1.94. The first kappa shape index (κ1) is 18.3. The molecule has 0 aromatic heterocycles. The summed E-state index contributed by atoms with van der Waals surface area (Å²) in [7, 11) is 0. The number of allylic oxidation sites excluding steroid dienone is 2. The Morgan fingerprint density at radius 1 is 1.19 bits per heavy atom. The van der Waals surface area contributed by atoms with Gasteiger partial charge in [-0.1, -0.05) is 0 Å². The second-order valence-electron chi connectivity index (χ2n) is 7.18. The molecule has 3 nitrogen and oxygen atoms in total. The Balaban J connectivity index is 1.56. The fourth-order valence-electron chi connectivity index (χ4n) is 3.96. The van der Waals surface area contributed by atoms with E-state index in [-0.39, 0.29) is 3.92 Å². The van der Waals surface area contributed by atoms with Crippen LogP contribution in [0.25, 0.3) is 0 Å². The number of hydrogen-bond donors (Lipinski definition) is 2. The second-order valence-corrected chi connectivity index (χ2v) is 12.5. The SMILES string of the molecule is CC1CC=NC2=C1C=CI2[C@@H]1C[C@H](C(F)c2ccc(F)cc2)[C@@H](O)[C@H]1O. The van der Waals surface area contributed by atoms with Crippen LogP contribution in [-0.2, 0) is 0 Å². The normalized spacial score (nSPS) is 35.9. The third-order valence-electron chi connectivity index (χ3n) is 5.54. The van der Waals surface area contributed by atoms with E-state index in [4.69, 9.17) is 0 Å². The molecule has 2 N–H and O–H groups in total. The first-order valence-corrected chi connectivity index (χ1v) is 12.4. The van der Waals surface area contributed by atoms with E-state index in [1.165, 1.54) is 29.8 Å². The fourth-order valence-corrected chi connectivity index (χ4v) is 10.7. The van der Waals surface area contributed by atoms with Crippen LogP contribution in [0.1, 0.15) is 31.5 Å². The second kappa shape index (κ2) is 7.13. The first-order valence-electron chi connectivity index (χ1n) is 8.85. The third-order valence-corrected chi connectivity index (χ3v) is 11.7. The molecule has 2 unspecified atom stereocenters. The summed E-state index contributed by atoms with van der Waals surface area (Å²) < 4.78 is 31.3. The van der Waals surface area contributed by atoms with Crippen LogP contribution in [0, 0.1) is 17.7 Å². The van der Waals surface area contributed by atoms with E-state index in [0.29, 0.717) is 17.9 Å². The third kappa shape index (κ3) is 3.05. The fraction of sp³-hybridized carbons (Fsp3) is 0.450. The summed E-state index contributed by atoms with van der Waals surface area (Å²) in [4.78, 5) is 4.60. The average Bonchev–Trinajstić information content (AvgIpc) is 3.18. The summed E-state index contributed by atoms with van der Waals surface area (Å²) in [6, 6.07) is 5.27. The van der Waals surface area contributed by atoms with Gasteiger partial charge in [0.2, 0.25) is 0 Å². The Labute approximate surface area is 158 Å². The van der Waals surface area contributed by atoms with Crippen LogP contribution in [0.4, 0.5) is 8.78 Å². The van der Waals surface area contributed by atoms with Crippen LogP contribution >= 0.6 is 19.8 Å². The molecule has 2 aliphatic heterocycles. The minimum absolute atomic E-state index is 0.121. The molecule has 1 aromatic carbocycles. The quantitative estimate of drug-likeness (QED) is 0.391. The number of aliphatic hydroxyl groups excluding tert-OH is 2. The predicted molar refractivity (Wildman–Crippen MR) is 107 cm³/mol. The molecule has 0 spiro atoms. The topological polar surface area (TPSA) is 52.8 Å². The number of alkyl halides is 2. The van der Waals surface area contributed by atoms with Gasteiger partial charge in [0, 0.05) is 0 Å². The molecule has 26 heavy (non-hydrogen) atoms. The molecule has 1 saturated carbocycles. The zero-order chi connectivity index (χ0) is 18.4. The van der Waals surface area contributed by atoms with Gasteiger partial charge >= 0.3 is 159 Å². The maximum absolute atomic E-state index is 15.0. The standard InChI is InChI=1S/C20H22F2INO2/c1-11-7-9-24-20-14(11)6-8-23(20)16-10-15(18(25)19(16)26)17(22)12-2-4-13(21)5-3-12/h2-6,8-9,11,15-19,25-26H,7,10H2,1H3/t11?,15-,16-,17?,18-,19+/m1/s1. The van der Waals surface area contributed by atoms with Crippen molar-refractivity contribution in [2.75, 3.05) is 0 Å². The van der Waals surface area contributed by atoms with Gasteiger partial charge in [0.25, 0.3) is 0 Å². The van der Waals surface area contributed by atoms with Gasteiger partial charge in [-0.15, -0.1) is 0 Å². The number of nitrogens with zero attached hydrogens (tertiary/aromatic N) is 1. The monoisotopic (exact) mass is 473 g/mol. The summed E-state index contributed by atoms with van der Waals surface area (Å²) in [5.74, 6) is -0.673. The van der Waals surface area contributed by atoms with Gasteiger partial charge in [0.15, 0.2) is 0 Å². The first-order chi connectivity index (χ1) is 12.5. The van der Waals surface area contributed by atoms with Crippen LogP contribution in [0.5, 0.6) is 0 Å². The van der Waals surface area contributed by atoms with E-state index < -0.39 is 49.9 Å². The molecule has 3 aliphatic rings. The van der Waals surface area contributed by atoms with Crippen molar-refractivity contribution in [2.45, 2.75) is 42.1 Å². The molecule has 0 saturated heterocycles. The van der Waals surface area contributed by atoms with E-state index in [9.17, 15) is 14.6 Å². The molecule has 1 aromatic rings. The number of hydrogen-bond acceptors (Lipinski definition) is 3. The molecular weight excluding hydrogens is 451 g/mol. The summed E-state index contributed by atoms with van der Waals surface area (Å²) in [5, 5.41) is 21.1. The van der Waals surface area contributed by atoms with Crippen LogP contribution in [0.15, 0.2) is 48.7 Å². The molecule has 6 heteroatoms. The van der Waals surface area contributed by atoms with Gasteiger partial charge in [0.1, 0.15) is 0 Å². The molecule has 4 rings (SSSR count). The zero-order valence-electron chi connectivity index (χ0n) is 14.4. The van der Waals surface area contributed by atoms with Crippen molar-refractivity contribution in [1.29, 1.82) is 0 Å². The number of halogens is 3. The molecule has 6 atom stereocenters. The molecule has 1 aliphatic carbocycles. The van der Waals surface area contributed by atoms with Gasteiger partial charge in [-0.05, 0) is 0 Å². The predicted octanol–water partition coefficient (Wildman–Crippen LogP) is 4.30. The van der Waals surface area contributed by atoms with Crippen molar-refractivity contribution >= 4 is 26.0 Å². The van der Waals surface area contributed by atoms with Crippen molar-refractivity contribution in [3.8, 4) is 0 Å². The van der Waals surface area contributed by atoms with Gasteiger partial charge in [0.05, 0.1) is 0 Å². The van der Waals surface area contributed by atoms with Crippen molar-refractivity contribution < 1.29 is 19.0 Å². The van der Waals surface area contributed by atoms with Crippen LogP contribution < -0.4 is 0 Å². The Hall–Kier alpha value is -1.12. The van der Waals surface area contributed by atoms with Gasteiger partial charge in [-0.3, -0.25) is 0 Å². The molecule has 2 heterocycles. The van der Waals surface area contributed by atoms with Crippen molar-refractivity contribution in [3.63, 3.8) is 0 Å². The van der Waals surface area contributed by atoms with Crippen LogP contribution in [0.3, 0.4) is 0 Å². The Morgan fingerprint density at radius 3 is 2.65 bits per heavy atom. The van der Waals surface area contributed by atoms with E-state index in [0.717, 1.165) is 10.1 Å². The van der Waals surface area contributed by atoms with E-state index in [1.54, 1.807) is 0 Å². The van der Waals surface area contributed by atoms with E-state index in [1.807, 2.05) is 6.21 Å². The molecule has 1 fully saturated rings. The zero-order valence-corrected chi connectivity index (χ0v) is 16.6. The van der Waals surface area contributed by atoms with Crippen LogP contribution in [0.2, 0.25) is 0 Å². The van der Waals surface area contributed by atoms with Gasteiger partial charge < -0.3 is 0 Å². The average molecular weight is 473 g/mol. The molecule has 0 bridgehead atoms. The molecular formula is C20H22F2INO2. The number of aliphatic hydroxyl groups is 2.